The van der Waals surface area contributed by atoms with Crippen molar-refractivity contribution < 1.29 is 9.18 Å². The first-order valence-corrected chi connectivity index (χ1v) is 5.66. The smallest absolute Gasteiger partial charge is 0.242 e. The van der Waals surface area contributed by atoms with Crippen LogP contribution in [0.5, 0.6) is 0 Å². The molecule has 0 bridgehead atoms. The Morgan fingerprint density at radius 1 is 1.59 bits per heavy atom. The summed E-state index contributed by atoms with van der Waals surface area (Å²) in [5.74, 6) is -0.345. The van der Waals surface area contributed by atoms with Gasteiger partial charge in [-0.3, -0.25) is 4.79 Å². The summed E-state index contributed by atoms with van der Waals surface area (Å²) >= 11 is 0. The van der Waals surface area contributed by atoms with Crippen molar-refractivity contribution >= 4 is 11.6 Å². The molecule has 1 heterocycles. The van der Waals surface area contributed by atoms with Crippen LogP contribution >= 0.6 is 0 Å². The van der Waals surface area contributed by atoms with E-state index in [1.54, 1.807) is 12.1 Å². The van der Waals surface area contributed by atoms with Gasteiger partial charge >= 0.3 is 0 Å². The first-order valence-electron chi connectivity index (χ1n) is 5.66. The molecule has 1 amide bonds. The summed E-state index contributed by atoms with van der Waals surface area (Å²) in [5.41, 5.74) is 6.62. The summed E-state index contributed by atoms with van der Waals surface area (Å²) in [6, 6.07) is 4.65. The summed E-state index contributed by atoms with van der Waals surface area (Å²) in [6.45, 7) is 3.27. The van der Waals surface area contributed by atoms with E-state index in [-0.39, 0.29) is 24.3 Å². The van der Waals surface area contributed by atoms with Gasteiger partial charge in [-0.15, -0.1) is 0 Å². The van der Waals surface area contributed by atoms with Crippen molar-refractivity contribution in [3.63, 3.8) is 0 Å². The normalized spacial score (nSPS) is 20.3. The molecule has 1 unspecified atom stereocenters. The topological polar surface area (TPSA) is 58.4 Å². The van der Waals surface area contributed by atoms with E-state index in [0.29, 0.717) is 18.7 Å². The third-order valence-electron chi connectivity index (χ3n) is 3.09. The highest BCUT2D eigenvalue weighted by Crippen LogP contribution is 2.21. The largest absolute Gasteiger partial charge is 0.358 e. The molecule has 3 N–H and O–H groups in total. The predicted octanol–water partition coefficient (Wildman–Crippen LogP) is 0.609. The second kappa shape index (κ2) is 4.71. The Morgan fingerprint density at radius 3 is 3.00 bits per heavy atom. The van der Waals surface area contributed by atoms with Gasteiger partial charge in [0.2, 0.25) is 5.91 Å². The van der Waals surface area contributed by atoms with E-state index in [9.17, 15) is 9.18 Å². The summed E-state index contributed by atoms with van der Waals surface area (Å²) in [6.07, 6.45) is 0. The van der Waals surface area contributed by atoms with Gasteiger partial charge in [-0.1, -0.05) is 6.07 Å². The van der Waals surface area contributed by atoms with Gasteiger partial charge in [-0.2, -0.15) is 0 Å². The van der Waals surface area contributed by atoms with Crippen LogP contribution in [0, 0.1) is 5.82 Å². The zero-order valence-electron chi connectivity index (χ0n) is 9.74. The minimum atomic E-state index is -0.316. The molecule has 0 spiro atoms. The highest BCUT2D eigenvalue weighted by atomic mass is 19.1. The van der Waals surface area contributed by atoms with Gasteiger partial charge in [0, 0.05) is 30.9 Å². The van der Waals surface area contributed by atoms with Crippen LogP contribution in [0.3, 0.4) is 0 Å². The predicted molar refractivity (Wildman–Crippen MR) is 64.1 cm³/mol. The van der Waals surface area contributed by atoms with Crippen LogP contribution in [-0.4, -0.2) is 25.0 Å². The third kappa shape index (κ3) is 2.24. The Morgan fingerprint density at radius 2 is 2.35 bits per heavy atom. The number of nitrogens with zero attached hydrogens (tertiary/aromatic N) is 1. The molecule has 1 saturated heterocycles. The molecule has 1 atom stereocenters. The molecule has 0 aromatic heterocycles. The van der Waals surface area contributed by atoms with Gasteiger partial charge in [0.05, 0.1) is 0 Å². The van der Waals surface area contributed by atoms with E-state index in [0.717, 1.165) is 5.69 Å². The van der Waals surface area contributed by atoms with Crippen LogP contribution in [-0.2, 0) is 11.3 Å². The number of carbonyl (C=O) groups is 1. The van der Waals surface area contributed by atoms with Gasteiger partial charge in [0.1, 0.15) is 11.9 Å². The summed E-state index contributed by atoms with van der Waals surface area (Å²) in [5, 5.41) is 2.77. The molecule has 2 rings (SSSR count). The first kappa shape index (κ1) is 11.9. The van der Waals surface area contributed by atoms with E-state index in [1.165, 1.54) is 6.07 Å². The molecule has 0 radical (unpaired) electrons. The number of anilines is 1. The Kier molecular flexibility index (Phi) is 3.28. The van der Waals surface area contributed by atoms with E-state index in [4.69, 9.17) is 5.73 Å². The maximum Gasteiger partial charge on any atom is 0.242 e. The van der Waals surface area contributed by atoms with Crippen LogP contribution in [0.2, 0.25) is 0 Å². The van der Waals surface area contributed by atoms with Crippen molar-refractivity contribution in [2.45, 2.75) is 19.5 Å². The number of amides is 1. The molecule has 17 heavy (non-hydrogen) atoms. The number of hydrogen-bond acceptors (Lipinski definition) is 3. The molecule has 5 heteroatoms. The van der Waals surface area contributed by atoms with Crippen LogP contribution in [0.15, 0.2) is 18.2 Å². The second-order valence-corrected chi connectivity index (χ2v) is 4.14. The van der Waals surface area contributed by atoms with Crippen LogP contribution in [0.4, 0.5) is 10.1 Å². The third-order valence-corrected chi connectivity index (χ3v) is 3.09. The van der Waals surface area contributed by atoms with Crippen molar-refractivity contribution in [3.8, 4) is 0 Å². The SMILES string of the molecule is CC1C(=O)NCCN1c1ccc(CN)c(F)c1. The Bertz CT molecular complexity index is 436. The lowest BCUT2D eigenvalue weighted by molar-refractivity contribution is -0.122. The zero-order chi connectivity index (χ0) is 12.4. The average Bonchev–Trinajstić information content (AvgIpc) is 2.32. The molecule has 4 nitrogen and oxygen atoms in total. The molecule has 0 saturated carbocycles. The highest BCUT2D eigenvalue weighted by Gasteiger charge is 2.25. The maximum absolute atomic E-state index is 13.6. The van der Waals surface area contributed by atoms with Gasteiger partial charge < -0.3 is 16.0 Å². The number of nitrogens with two attached hydrogens (primary N) is 1. The van der Waals surface area contributed by atoms with E-state index >= 15 is 0 Å². The monoisotopic (exact) mass is 237 g/mol. The molecule has 0 aliphatic carbocycles. The van der Waals surface area contributed by atoms with Crippen LogP contribution in [0.1, 0.15) is 12.5 Å². The van der Waals surface area contributed by atoms with E-state index in [1.807, 2.05) is 11.8 Å². The lowest BCUT2D eigenvalue weighted by atomic mass is 10.1. The maximum atomic E-state index is 13.6. The molecule has 1 aromatic carbocycles. The molecule has 1 aliphatic heterocycles. The summed E-state index contributed by atoms with van der Waals surface area (Å²) < 4.78 is 13.6. The minimum Gasteiger partial charge on any atom is -0.358 e. The minimum absolute atomic E-state index is 0.0282. The van der Waals surface area contributed by atoms with Crippen molar-refractivity contribution in [2.75, 3.05) is 18.0 Å². The molecule has 1 fully saturated rings. The number of rotatable bonds is 2. The molecule has 92 valence electrons. The zero-order valence-corrected chi connectivity index (χ0v) is 9.74. The molecular weight excluding hydrogens is 221 g/mol. The number of nitrogens with one attached hydrogen (secondary N) is 1. The summed E-state index contributed by atoms with van der Waals surface area (Å²) in [4.78, 5) is 13.4. The van der Waals surface area contributed by atoms with Crippen molar-refractivity contribution in [1.29, 1.82) is 0 Å². The van der Waals surface area contributed by atoms with Gasteiger partial charge in [0.25, 0.3) is 0 Å². The number of hydrogen-bond donors (Lipinski definition) is 2. The van der Waals surface area contributed by atoms with E-state index < -0.39 is 0 Å². The molecule has 1 aliphatic rings. The van der Waals surface area contributed by atoms with Gasteiger partial charge in [-0.25, -0.2) is 4.39 Å². The fourth-order valence-corrected chi connectivity index (χ4v) is 2.02. The lowest BCUT2D eigenvalue weighted by Gasteiger charge is -2.34. The Labute approximate surface area is 99.6 Å². The number of carbonyl (C=O) groups excluding carboxylic acids is 1. The quantitative estimate of drug-likeness (QED) is 0.792. The standard InChI is InChI=1S/C12H16FN3O/c1-8-12(17)15-4-5-16(8)10-3-2-9(7-14)11(13)6-10/h2-3,6,8H,4-5,7,14H2,1H3,(H,15,17). The second-order valence-electron chi connectivity index (χ2n) is 4.14. The van der Waals surface area contributed by atoms with Gasteiger partial charge in [-0.05, 0) is 19.1 Å². The highest BCUT2D eigenvalue weighted by molar-refractivity contribution is 5.86. The first-order chi connectivity index (χ1) is 8.13. The average molecular weight is 237 g/mol. The Balaban J connectivity index is 2.27. The van der Waals surface area contributed by atoms with Crippen LogP contribution in [0.25, 0.3) is 0 Å². The van der Waals surface area contributed by atoms with E-state index in [2.05, 4.69) is 5.32 Å². The molecular formula is C12H16FN3O. The number of benzene rings is 1. The fourth-order valence-electron chi connectivity index (χ4n) is 2.02. The Hall–Kier alpha value is -1.62. The fraction of sp³-hybridized carbons (Fsp3) is 0.417. The van der Waals surface area contributed by atoms with Crippen molar-refractivity contribution in [2.24, 2.45) is 5.73 Å². The van der Waals surface area contributed by atoms with Gasteiger partial charge in [0.15, 0.2) is 0 Å². The van der Waals surface area contributed by atoms with Crippen molar-refractivity contribution in [1.82, 2.24) is 5.32 Å². The lowest BCUT2D eigenvalue weighted by Crippen LogP contribution is -2.54. The number of halogens is 1. The van der Waals surface area contributed by atoms with Crippen molar-refractivity contribution in [3.05, 3.63) is 29.6 Å². The summed E-state index contributed by atoms with van der Waals surface area (Å²) in [7, 11) is 0. The number of piperazine rings is 1. The van der Waals surface area contributed by atoms with Crippen LogP contribution < -0.4 is 16.0 Å². The molecule has 1 aromatic rings.